The molecule has 1 aliphatic rings. The lowest BCUT2D eigenvalue weighted by atomic mass is 10.1. The van der Waals surface area contributed by atoms with Crippen molar-refractivity contribution in [3.05, 3.63) is 60.7 Å². The molecule has 0 saturated carbocycles. The predicted molar refractivity (Wildman–Crippen MR) is 131 cm³/mol. The van der Waals surface area contributed by atoms with E-state index in [1.807, 2.05) is 81.4 Å². The number of ether oxygens (including phenoxy) is 2. The van der Waals surface area contributed by atoms with Gasteiger partial charge in [-0.3, -0.25) is 9.69 Å². The molecular weight excluding hydrogens is 432 g/mol. The summed E-state index contributed by atoms with van der Waals surface area (Å²) in [5, 5.41) is 2.95. The standard InChI is InChI=1S/C27H30N2O5/c1-27(2,3)34-26(31)29-16-6-9-22(29)25(30)28-20-8-5-7-19(17-20)24-15-14-23(33-24)18-10-12-21(32-4)13-11-18/h5,7-8,10-15,17,22H,6,9,16H2,1-4H3,(H,28,30)/t22-/m0/s1. The van der Waals surface area contributed by atoms with Crippen molar-refractivity contribution in [2.24, 2.45) is 0 Å². The summed E-state index contributed by atoms with van der Waals surface area (Å²) < 4.78 is 16.7. The third-order valence-electron chi connectivity index (χ3n) is 5.58. The van der Waals surface area contributed by atoms with E-state index >= 15 is 0 Å². The van der Waals surface area contributed by atoms with Crippen molar-refractivity contribution in [2.45, 2.75) is 45.3 Å². The predicted octanol–water partition coefficient (Wildman–Crippen LogP) is 5.96. The average Bonchev–Trinajstić information content (AvgIpc) is 3.48. The van der Waals surface area contributed by atoms with Gasteiger partial charge in [0.25, 0.3) is 0 Å². The summed E-state index contributed by atoms with van der Waals surface area (Å²) in [6.07, 6.45) is 0.909. The second-order valence-corrected chi connectivity index (χ2v) is 9.29. The first-order chi connectivity index (χ1) is 16.2. The molecule has 7 nitrogen and oxygen atoms in total. The fraction of sp³-hybridized carbons (Fsp3) is 0.333. The van der Waals surface area contributed by atoms with E-state index in [-0.39, 0.29) is 5.91 Å². The number of carbonyl (C=O) groups excluding carboxylic acids is 2. The summed E-state index contributed by atoms with van der Waals surface area (Å²) in [4.78, 5) is 27.0. The van der Waals surface area contributed by atoms with Crippen molar-refractivity contribution in [3.63, 3.8) is 0 Å². The SMILES string of the molecule is COc1ccc(-c2ccc(-c3cccc(NC(=O)[C@@H]4CCCN4C(=O)OC(C)(C)C)c3)o2)cc1. The number of likely N-dealkylation sites (tertiary alicyclic amines) is 1. The molecule has 0 spiro atoms. The quantitative estimate of drug-likeness (QED) is 0.506. The van der Waals surface area contributed by atoms with Crippen LogP contribution >= 0.6 is 0 Å². The van der Waals surface area contributed by atoms with Crippen LogP contribution in [-0.4, -0.2) is 42.2 Å². The highest BCUT2D eigenvalue weighted by molar-refractivity contribution is 5.97. The van der Waals surface area contributed by atoms with Gasteiger partial charge in [0.15, 0.2) is 0 Å². The van der Waals surface area contributed by atoms with E-state index in [1.165, 1.54) is 4.90 Å². The number of rotatable bonds is 5. The van der Waals surface area contributed by atoms with Crippen LogP contribution in [0.5, 0.6) is 5.75 Å². The minimum absolute atomic E-state index is 0.223. The minimum atomic E-state index is -0.608. The summed E-state index contributed by atoms with van der Waals surface area (Å²) >= 11 is 0. The molecule has 0 bridgehead atoms. The van der Waals surface area contributed by atoms with Crippen LogP contribution in [0.3, 0.4) is 0 Å². The van der Waals surface area contributed by atoms with Gasteiger partial charge in [-0.25, -0.2) is 4.79 Å². The van der Waals surface area contributed by atoms with Crippen LogP contribution in [0.2, 0.25) is 0 Å². The van der Waals surface area contributed by atoms with Crippen LogP contribution in [-0.2, 0) is 9.53 Å². The van der Waals surface area contributed by atoms with Gasteiger partial charge < -0.3 is 19.2 Å². The number of nitrogens with zero attached hydrogens (tertiary/aromatic N) is 1. The van der Waals surface area contributed by atoms with E-state index in [1.54, 1.807) is 7.11 Å². The average molecular weight is 463 g/mol. The van der Waals surface area contributed by atoms with Gasteiger partial charge in [0.1, 0.15) is 28.9 Å². The Labute approximate surface area is 199 Å². The molecular formula is C27H30N2O5. The van der Waals surface area contributed by atoms with E-state index in [2.05, 4.69) is 5.32 Å². The van der Waals surface area contributed by atoms with Gasteiger partial charge in [-0.05, 0) is 82.1 Å². The van der Waals surface area contributed by atoms with Crippen LogP contribution in [0.25, 0.3) is 22.6 Å². The van der Waals surface area contributed by atoms with Crippen molar-refractivity contribution in [1.29, 1.82) is 0 Å². The molecule has 1 aliphatic heterocycles. The number of furan rings is 1. The van der Waals surface area contributed by atoms with Crippen molar-refractivity contribution in [1.82, 2.24) is 4.90 Å². The van der Waals surface area contributed by atoms with Gasteiger partial charge >= 0.3 is 6.09 Å². The van der Waals surface area contributed by atoms with E-state index in [0.717, 1.165) is 29.1 Å². The molecule has 2 aromatic carbocycles. The third kappa shape index (κ3) is 5.42. The fourth-order valence-corrected chi connectivity index (χ4v) is 3.96. The van der Waals surface area contributed by atoms with Crippen molar-refractivity contribution >= 4 is 17.7 Å². The first kappa shape index (κ1) is 23.4. The zero-order valence-electron chi connectivity index (χ0n) is 20.0. The number of carbonyl (C=O) groups is 2. The Kier molecular flexibility index (Phi) is 6.63. The van der Waals surface area contributed by atoms with Crippen LogP contribution in [0.15, 0.2) is 65.1 Å². The number of methoxy groups -OCH3 is 1. The molecule has 1 aromatic heterocycles. The third-order valence-corrected chi connectivity index (χ3v) is 5.58. The lowest BCUT2D eigenvalue weighted by Crippen LogP contribution is -2.45. The molecule has 0 radical (unpaired) electrons. The summed E-state index contributed by atoms with van der Waals surface area (Å²) in [6, 6.07) is 18.4. The fourth-order valence-electron chi connectivity index (χ4n) is 3.96. The van der Waals surface area contributed by atoms with E-state index in [9.17, 15) is 9.59 Å². The van der Waals surface area contributed by atoms with Crippen LogP contribution in [0.4, 0.5) is 10.5 Å². The van der Waals surface area contributed by atoms with E-state index in [4.69, 9.17) is 13.9 Å². The van der Waals surface area contributed by atoms with Gasteiger partial charge in [-0.15, -0.1) is 0 Å². The largest absolute Gasteiger partial charge is 0.497 e. The Bertz CT molecular complexity index is 1160. The summed E-state index contributed by atoms with van der Waals surface area (Å²) in [6.45, 7) is 5.95. The minimum Gasteiger partial charge on any atom is -0.497 e. The number of benzene rings is 2. The lowest BCUT2D eigenvalue weighted by molar-refractivity contribution is -0.120. The molecule has 2 heterocycles. The molecule has 2 amide bonds. The zero-order valence-corrected chi connectivity index (χ0v) is 20.0. The molecule has 7 heteroatoms. The summed E-state index contributed by atoms with van der Waals surface area (Å²) in [7, 11) is 1.63. The van der Waals surface area contributed by atoms with Gasteiger partial charge in [0, 0.05) is 23.4 Å². The zero-order chi connectivity index (χ0) is 24.3. The second-order valence-electron chi connectivity index (χ2n) is 9.29. The molecule has 1 fully saturated rings. The second kappa shape index (κ2) is 9.63. The molecule has 3 aromatic rings. The van der Waals surface area contributed by atoms with E-state index in [0.29, 0.717) is 24.4 Å². The lowest BCUT2D eigenvalue weighted by Gasteiger charge is -2.28. The van der Waals surface area contributed by atoms with Crippen LogP contribution < -0.4 is 10.1 Å². The number of amides is 2. The highest BCUT2D eigenvalue weighted by Crippen LogP contribution is 2.31. The molecule has 4 rings (SSSR count). The molecule has 0 aliphatic carbocycles. The molecule has 34 heavy (non-hydrogen) atoms. The maximum Gasteiger partial charge on any atom is 0.410 e. The maximum absolute atomic E-state index is 13.0. The van der Waals surface area contributed by atoms with Crippen molar-refractivity contribution < 1.29 is 23.5 Å². The molecule has 178 valence electrons. The molecule has 0 unspecified atom stereocenters. The highest BCUT2D eigenvalue weighted by Gasteiger charge is 2.36. The maximum atomic E-state index is 13.0. The van der Waals surface area contributed by atoms with Crippen molar-refractivity contribution in [3.8, 4) is 28.4 Å². The highest BCUT2D eigenvalue weighted by atomic mass is 16.6. The number of nitrogens with one attached hydrogen (secondary N) is 1. The van der Waals surface area contributed by atoms with Crippen LogP contribution in [0.1, 0.15) is 33.6 Å². The number of hydrogen-bond donors (Lipinski definition) is 1. The Morgan fingerprint density at radius 2 is 1.71 bits per heavy atom. The van der Waals surface area contributed by atoms with Gasteiger partial charge in [0.2, 0.25) is 5.91 Å². The Morgan fingerprint density at radius 3 is 2.38 bits per heavy atom. The van der Waals surface area contributed by atoms with Gasteiger partial charge in [-0.1, -0.05) is 12.1 Å². The Hall–Kier alpha value is -3.74. The van der Waals surface area contributed by atoms with Gasteiger partial charge in [0.05, 0.1) is 7.11 Å². The normalized spacial score (nSPS) is 15.8. The first-order valence-electron chi connectivity index (χ1n) is 11.4. The smallest absolute Gasteiger partial charge is 0.410 e. The molecule has 1 atom stereocenters. The molecule has 1 saturated heterocycles. The van der Waals surface area contributed by atoms with E-state index < -0.39 is 17.7 Å². The number of hydrogen-bond acceptors (Lipinski definition) is 5. The Morgan fingerprint density at radius 1 is 1.00 bits per heavy atom. The Balaban J connectivity index is 1.46. The number of anilines is 1. The van der Waals surface area contributed by atoms with Gasteiger partial charge in [-0.2, -0.15) is 0 Å². The topological polar surface area (TPSA) is 81.0 Å². The van der Waals surface area contributed by atoms with Crippen LogP contribution in [0, 0.1) is 0 Å². The summed E-state index contributed by atoms with van der Waals surface area (Å²) in [5.41, 5.74) is 1.82. The summed E-state index contributed by atoms with van der Waals surface area (Å²) in [5.74, 6) is 1.99. The first-order valence-corrected chi connectivity index (χ1v) is 11.4. The molecule has 1 N–H and O–H groups in total. The van der Waals surface area contributed by atoms with Crippen molar-refractivity contribution in [2.75, 3.05) is 19.0 Å². The monoisotopic (exact) mass is 462 g/mol.